The number of carbonyl (C=O) groups is 2. The molecule has 0 bridgehead atoms. The minimum atomic E-state index is -0.789. The van der Waals surface area contributed by atoms with Crippen LogP contribution in [0.3, 0.4) is 0 Å². The lowest BCUT2D eigenvalue weighted by Gasteiger charge is -2.23. The summed E-state index contributed by atoms with van der Waals surface area (Å²) in [5, 5.41) is 15.0. The Bertz CT molecular complexity index is 346. The summed E-state index contributed by atoms with van der Waals surface area (Å²) in [6.07, 6.45) is 5.61. The summed E-state index contributed by atoms with van der Waals surface area (Å²) in [5.74, 6) is 0.0937. The summed E-state index contributed by atoms with van der Waals surface area (Å²) in [6.45, 7) is 2.88. The van der Waals surface area contributed by atoms with Crippen LogP contribution in [0, 0.1) is 17.8 Å². The summed E-state index contributed by atoms with van der Waals surface area (Å²) in [7, 11) is 0. The van der Waals surface area contributed by atoms with Crippen molar-refractivity contribution in [2.75, 3.05) is 6.54 Å². The zero-order chi connectivity index (χ0) is 13.8. The van der Waals surface area contributed by atoms with Gasteiger partial charge in [0.05, 0.1) is 5.92 Å². The molecule has 0 aromatic heterocycles. The quantitative estimate of drug-likeness (QED) is 0.682. The van der Waals surface area contributed by atoms with E-state index in [4.69, 9.17) is 0 Å². The van der Waals surface area contributed by atoms with Crippen LogP contribution in [-0.2, 0) is 4.79 Å². The number of amides is 2. The van der Waals surface area contributed by atoms with Gasteiger partial charge in [-0.2, -0.15) is 0 Å². The fraction of sp³-hybridized carbons (Fsp3) is 0.857. The van der Waals surface area contributed by atoms with Crippen LogP contribution in [0.2, 0.25) is 0 Å². The van der Waals surface area contributed by atoms with Crippen molar-refractivity contribution in [1.82, 2.24) is 10.6 Å². The van der Waals surface area contributed by atoms with Gasteiger partial charge in [0.25, 0.3) is 0 Å². The molecule has 5 nitrogen and oxygen atoms in total. The topological polar surface area (TPSA) is 78.4 Å². The molecule has 4 unspecified atom stereocenters. The maximum Gasteiger partial charge on any atom is 0.315 e. The van der Waals surface area contributed by atoms with Crippen molar-refractivity contribution in [3.05, 3.63) is 0 Å². The highest BCUT2D eigenvalue weighted by Crippen LogP contribution is 2.36. The predicted molar refractivity (Wildman–Crippen MR) is 71.8 cm³/mol. The van der Waals surface area contributed by atoms with E-state index in [9.17, 15) is 14.7 Å². The molecule has 2 aliphatic carbocycles. The monoisotopic (exact) mass is 268 g/mol. The van der Waals surface area contributed by atoms with E-state index in [1.807, 2.05) is 0 Å². The summed E-state index contributed by atoms with van der Waals surface area (Å²) >= 11 is 0. The van der Waals surface area contributed by atoms with E-state index in [2.05, 4.69) is 17.6 Å². The molecule has 108 valence electrons. The number of rotatable bonds is 4. The number of nitrogens with one attached hydrogen (secondary N) is 2. The van der Waals surface area contributed by atoms with Gasteiger partial charge in [-0.05, 0) is 31.1 Å². The first-order valence-electron chi connectivity index (χ1n) is 7.35. The first-order valence-corrected chi connectivity index (χ1v) is 7.35. The first kappa shape index (κ1) is 14.2. The van der Waals surface area contributed by atoms with Crippen molar-refractivity contribution in [2.24, 2.45) is 17.8 Å². The van der Waals surface area contributed by atoms with Gasteiger partial charge < -0.3 is 15.7 Å². The molecule has 19 heavy (non-hydrogen) atoms. The third kappa shape index (κ3) is 4.11. The van der Waals surface area contributed by atoms with Gasteiger partial charge in [0.15, 0.2) is 0 Å². The molecule has 0 heterocycles. The lowest BCUT2D eigenvalue weighted by molar-refractivity contribution is -0.142. The number of urea groups is 1. The van der Waals surface area contributed by atoms with Crippen LogP contribution in [0.1, 0.15) is 45.4 Å². The van der Waals surface area contributed by atoms with Crippen LogP contribution in [0.15, 0.2) is 0 Å². The number of hydrogen-bond donors (Lipinski definition) is 3. The molecule has 2 fully saturated rings. The molecule has 2 aliphatic rings. The second-order valence-electron chi connectivity index (χ2n) is 6.02. The zero-order valence-corrected chi connectivity index (χ0v) is 11.5. The van der Waals surface area contributed by atoms with Crippen LogP contribution in [0.4, 0.5) is 4.79 Å². The van der Waals surface area contributed by atoms with Crippen molar-refractivity contribution >= 4 is 12.0 Å². The Hall–Kier alpha value is -1.26. The first-order chi connectivity index (χ1) is 9.08. The number of aliphatic carboxylic acids is 1. The van der Waals surface area contributed by atoms with E-state index in [1.165, 1.54) is 6.42 Å². The molecule has 5 heteroatoms. The maximum absolute atomic E-state index is 11.8. The van der Waals surface area contributed by atoms with E-state index < -0.39 is 11.9 Å². The molecule has 0 aliphatic heterocycles. The van der Waals surface area contributed by atoms with E-state index in [0.29, 0.717) is 24.8 Å². The summed E-state index contributed by atoms with van der Waals surface area (Å²) in [6, 6.07) is -0.436. The standard InChI is InChI=1S/C14H24N2O3/c1-9-7-10(9)8-15-14(19)16-12-6-4-2-3-5-11(12)13(17)18/h9-12H,2-8H2,1H3,(H,17,18)(H2,15,16,19). The highest BCUT2D eigenvalue weighted by Gasteiger charge is 2.33. The summed E-state index contributed by atoms with van der Waals surface area (Å²) < 4.78 is 0. The van der Waals surface area contributed by atoms with Gasteiger partial charge in [0, 0.05) is 12.6 Å². The molecule has 0 aromatic rings. The number of carboxylic acid groups (broad SMARTS) is 1. The van der Waals surface area contributed by atoms with E-state index in [-0.39, 0.29) is 12.1 Å². The average Bonchev–Trinajstić information content (AvgIpc) is 3.09. The molecule has 0 saturated heterocycles. The van der Waals surface area contributed by atoms with Gasteiger partial charge >= 0.3 is 12.0 Å². The molecule has 0 spiro atoms. The van der Waals surface area contributed by atoms with Crippen molar-refractivity contribution < 1.29 is 14.7 Å². The Morgan fingerprint density at radius 1 is 1.21 bits per heavy atom. The van der Waals surface area contributed by atoms with Crippen LogP contribution >= 0.6 is 0 Å². The Labute approximate surface area is 114 Å². The molecule has 3 N–H and O–H groups in total. The van der Waals surface area contributed by atoms with Crippen molar-refractivity contribution in [3.8, 4) is 0 Å². The predicted octanol–water partition coefficient (Wildman–Crippen LogP) is 1.98. The molecule has 2 saturated carbocycles. The van der Waals surface area contributed by atoms with Gasteiger partial charge in [0.1, 0.15) is 0 Å². The maximum atomic E-state index is 11.8. The minimum Gasteiger partial charge on any atom is -0.481 e. The third-order valence-corrected chi connectivity index (χ3v) is 4.45. The largest absolute Gasteiger partial charge is 0.481 e. The Morgan fingerprint density at radius 2 is 1.89 bits per heavy atom. The Morgan fingerprint density at radius 3 is 2.53 bits per heavy atom. The molecular formula is C14H24N2O3. The second-order valence-corrected chi connectivity index (χ2v) is 6.02. The number of carbonyl (C=O) groups excluding carboxylic acids is 1. The van der Waals surface area contributed by atoms with Crippen molar-refractivity contribution in [1.29, 1.82) is 0 Å². The molecule has 0 aromatic carbocycles. The number of hydrogen-bond acceptors (Lipinski definition) is 2. The molecular weight excluding hydrogens is 244 g/mol. The fourth-order valence-electron chi connectivity index (χ4n) is 2.90. The van der Waals surface area contributed by atoms with Gasteiger partial charge in [0.2, 0.25) is 0 Å². The Balaban J connectivity index is 1.80. The third-order valence-electron chi connectivity index (χ3n) is 4.45. The van der Waals surface area contributed by atoms with E-state index >= 15 is 0 Å². The fourth-order valence-corrected chi connectivity index (χ4v) is 2.90. The smallest absolute Gasteiger partial charge is 0.315 e. The van der Waals surface area contributed by atoms with E-state index in [0.717, 1.165) is 25.7 Å². The SMILES string of the molecule is CC1CC1CNC(=O)NC1CCCCCC1C(=O)O. The van der Waals surface area contributed by atoms with Crippen LogP contribution < -0.4 is 10.6 Å². The lowest BCUT2D eigenvalue weighted by atomic mass is 9.95. The molecule has 2 amide bonds. The molecule has 0 radical (unpaired) electrons. The average molecular weight is 268 g/mol. The van der Waals surface area contributed by atoms with Crippen LogP contribution in [-0.4, -0.2) is 29.7 Å². The minimum absolute atomic E-state index is 0.211. The van der Waals surface area contributed by atoms with Crippen LogP contribution in [0.25, 0.3) is 0 Å². The van der Waals surface area contributed by atoms with Crippen molar-refractivity contribution in [3.63, 3.8) is 0 Å². The summed E-state index contributed by atoms with van der Waals surface area (Å²) in [4.78, 5) is 23.1. The van der Waals surface area contributed by atoms with E-state index in [1.54, 1.807) is 0 Å². The highest BCUT2D eigenvalue weighted by atomic mass is 16.4. The molecule has 2 rings (SSSR count). The molecule has 4 atom stereocenters. The normalized spacial score (nSPS) is 34.2. The van der Waals surface area contributed by atoms with Gasteiger partial charge in [-0.25, -0.2) is 4.79 Å². The number of carboxylic acids is 1. The summed E-state index contributed by atoms with van der Waals surface area (Å²) in [5.41, 5.74) is 0. The second kappa shape index (κ2) is 6.26. The van der Waals surface area contributed by atoms with Crippen LogP contribution in [0.5, 0.6) is 0 Å². The lowest BCUT2D eigenvalue weighted by Crippen LogP contribution is -2.47. The Kier molecular flexibility index (Phi) is 4.66. The zero-order valence-electron chi connectivity index (χ0n) is 11.5. The van der Waals surface area contributed by atoms with Crippen molar-refractivity contribution in [2.45, 2.75) is 51.5 Å². The highest BCUT2D eigenvalue weighted by molar-refractivity contribution is 5.76. The van der Waals surface area contributed by atoms with Gasteiger partial charge in [-0.3, -0.25) is 4.79 Å². The van der Waals surface area contributed by atoms with Gasteiger partial charge in [-0.15, -0.1) is 0 Å². The van der Waals surface area contributed by atoms with Gasteiger partial charge in [-0.1, -0.05) is 26.2 Å².